The lowest BCUT2D eigenvalue weighted by molar-refractivity contribution is -0.160. The number of hydrogen-bond acceptors (Lipinski definition) is 7. The first-order valence-corrected chi connectivity index (χ1v) is 11.3. The average molecular weight is 476 g/mol. The number of nitrogens with one attached hydrogen (secondary N) is 1. The van der Waals surface area contributed by atoms with E-state index >= 15 is 0 Å². The summed E-state index contributed by atoms with van der Waals surface area (Å²) in [6.45, 7) is 2.34. The molecule has 0 fully saturated rings. The smallest absolute Gasteiger partial charge is 0.422 e. The normalized spacial score (nSPS) is 11.6. The van der Waals surface area contributed by atoms with E-state index in [0.29, 0.717) is 21.1 Å². The van der Waals surface area contributed by atoms with Crippen LogP contribution in [-0.2, 0) is 11.3 Å². The Morgan fingerprint density at radius 3 is 2.87 bits per heavy atom. The second-order valence-electron chi connectivity index (χ2n) is 5.87. The zero-order valence-electron chi connectivity index (χ0n) is 15.4. The maximum atomic E-state index is 13.1. The van der Waals surface area contributed by atoms with E-state index in [2.05, 4.69) is 21.6 Å². The number of carbonyl (C=O) groups is 1. The van der Waals surface area contributed by atoms with Crippen LogP contribution in [0.2, 0.25) is 0 Å². The summed E-state index contributed by atoms with van der Waals surface area (Å²) in [5.74, 6) is 0.291. The second-order valence-corrected chi connectivity index (χ2v) is 8.74. The third-order valence-corrected chi connectivity index (χ3v) is 6.48. The molecule has 0 aliphatic carbocycles. The van der Waals surface area contributed by atoms with Gasteiger partial charge in [0.2, 0.25) is 0 Å². The van der Waals surface area contributed by atoms with Crippen LogP contribution in [-0.4, -0.2) is 40.7 Å². The van der Waals surface area contributed by atoms with Crippen LogP contribution < -0.4 is 10.9 Å². The first kappa shape index (κ1) is 22.4. The predicted octanol–water partition coefficient (Wildman–Crippen LogP) is 4.75. The number of halogens is 3. The van der Waals surface area contributed by atoms with E-state index in [1.54, 1.807) is 6.08 Å². The number of carbonyl (C=O) groups excluding carboxylic acids is 1. The molecule has 30 heavy (non-hydrogen) atoms. The van der Waals surface area contributed by atoms with E-state index in [9.17, 15) is 22.8 Å². The van der Waals surface area contributed by atoms with Gasteiger partial charge >= 0.3 is 12.3 Å². The third-order valence-electron chi connectivity index (χ3n) is 3.73. The molecule has 160 valence electrons. The van der Waals surface area contributed by atoms with Crippen molar-refractivity contribution in [2.45, 2.75) is 17.9 Å². The Kier molecular flexibility index (Phi) is 7.21. The summed E-state index contributed by atoms with van der Waals surface area (Å²) in [4.78, 5) is 30.6. The van der Waals surface area contributed by atoms with Crippen molar-refractivity contribution in [1.29, 1.82) is 0 Å². The van der Waals surface area contributed by atoms with Gasteiger partial charge in [0.1, 0.15) is 4.83 Å². The number of thiophene rings is 2. The molecule has 0 spiro atoms. The van der Waals surface area contributed by atoms with Gasteiger partial charge in [0, 0.05) is 34.7 Å². The summed E-state index contributed by atoms with van der Waals surface area (Å²) in [6, 6.07) is 3.85. The highest BCUT2D eigenvalue weighted by atomic mass is 32.2. The summed E-state index contributed by atoms with van der Waals surface area (Å²) in [6.07, 6.45) is -4.14. The van der Waals surface area contributed by atoms with Gasteiger partial charge in [0.15, 0.2) is 11.8 Å². The van der Waals surface area contributed by atoms with Crippen LogP contribution in [0.25, 0.3) is 20.7 Å². The number of hydrogen-bond donors (Lipinski definition) is 1. The summed E-state index contributed by atoms with van der Waals surface area (Å²) >= 11 is 4.11. The second kappa shape index (κ2) is 9.67. The number of thioether (sulfide) groups is 1. The lowest BCUT2D eigenvalue weighted by atomic mass is 10.2. The van der Waals surface area contributed by atoms with Crippen molar-refractivity contribution in [3.8, 4) is 10.4 Å². The van der Waals surface area contributed by atoms with Crippen molar-refractivity contribution in [3.63, 3.8) is 0 Å². The van der Waals surface area contributed by atoms with E-state index in [1.165, 1.54) is 39.0 Å². The number of ether oxygens (including phenoxy) is 1. The van der Waals surface area contributed by atoms with E-state index in [-0.39, 0.29) is 18.6 Å². The van der Waals surface area contributed by atoms with Crippen LogP contribution in [0.1, 0.15) is 0 Å². The van der Waals surface area contributed by atoms with Crippen LogP contribution in [0.15, 0.2) is 45.5 Å². The lowest BCUT2D eigenvalue weighted by Crippen LogP contribution is -2.30. The molecule has 0 radical (unpaired) electrons. The zero-order valence-corrected chi connectivity index (χ0v) is 17.8. The fraction of sp³-hybridized carbons (Fsp3) is 0.278. The predicted molar refractivity (Wildman–Crippen MR) is 114 cm³/mol. The van der Waals surface area contributed by atoms with Crippen LogP contribution in [0.3, 0.4) is 0 Å². The van der Waals surface area contributed by atoms with Gasteiger partial charge in [-0.3, -0.25) is 9.36 Å². The molecule has 1 amide bonds. The van der Waals surface area contributed by atoms with Gasteiger partial charge in [-0.25, -0.2) is 9.78 Å². The average Bonchev–Trinajstić information content (AvgIpc) is 3.35. The van der Waals surface area contributed by atoms with Crippen molar-refractivity contribution >= 4 is 50.7 Å². The summed E-state index contributed by atoms with van der Waals surface area (Å²) in [5.41, 5.74) is 0.649. The fourth-order valence-electron chi connectivity index (χ4n) is 2.51. The number of fused-ring (bicyclic) bond motifs is 1. The van der Waals surface area contributed by atoms with E-state index in [1.807, 2.05) is 22.9 Å². The number of rotatable bonds is 8. The van der Waals surface area contributed by atoms with Crippen LogP contribution in [0.5, 0.6) is 0 Å². The molecule has 12 heteroatoms. The Hall–Kier alpha value is -2.31. The molecule has 3 heterocycles. The molecule has 0 aliphatic rings. The van der Waals surface area contributed by atoms with Crippen LogP contribution in [0, 0.1) is 0 Å². The highest BCUT2D eigenvalue weighted by Gasteiger charge is 2.29. The molecule has 1 N–H and O–H groups in total. The quantitative estimate of drug-likeness (QED) is 0.220. The van der Waals surface area contributed by atoms with E-state index in [4.69, 9.17) is 0 Å². The largest absolute Gasteiger partial charge is 0.440 e. The van der Waals surface area contributed by atoms with Gasteiger partial charge in [-0.1, -0.05) is 23.9 Å². The summed E-state index contributed by atoms with van der Waals surface area (Å²) in [7, 11) is 0. The van der Waals surface area contributed by atoms with E-state index < -0.39 is 18.9 Å². The molecule has 0 bridgehead atoms. The van der Waals surface area contributed by atoms with Crippen LogP contribution >= 0.6 is 34.4 Å². The molecule has 6 nitrogen and oxygen atoms in total. The van der Waals surface area contributed by atoms with Crippen LogP contribution in [0.4, 0.5) is 18.0 Å². The molecule has 3 aromatic rings. The number of allylic oxidation sites excluding steroid dienone is 1. The molecular weight excluding hydrogens is 459 g/mol. The Bertz CT molecular complexity index is 1090. The molecule has 0 aromatic carbocycles. The summed E-state index contributed by atoms with van der Waals surface area (Å²) in [5, 5.41) is 7.06. The molecule has 0 atom stereocenters. The minimum Gasteiger partial charge on any atom is -0.440 e. The maximum Gasteiger partial charge on any atom is 0.422 e. The van der Waals surface area contributed by atoms with Gasteiger partial charge in [-0.05, 0) is 11.4 Å². The van der Waals surface area contributed by atoms with Gasteiger partial charge in [0.25, 0.3) is 5.56 Å². The highest BCUT2D eigenvalue weighted by Crippen LogP contribution is 2.34. The molecule has 0 unspecified atom stereocenters. The number of aromatic nitrogens is 2. The van der Waals surface area contributed by atoms with Gasteiger partial charge in [-0.15, -0.1) is 29.3 Å². The van der Waals surface area contributed by atoms with Gasteiger partial charge in [0.05, 0.1) is 5.39 Å². The van der Waals surface area contributed by atoms with Crippen molar-refractivity contribution in [1.82, 2.24) is 14.9 Å². The number of amides is 1. The summed E-state index contributed by atoms with van der Waals surface area (Å²) < 4.78 is 41.7. The molecule has 0 aliphatic heterocycles. The molecule has 0 saturated carbocycles. The molecule has 0 saturated heterocycles. The Labute approximate surface area is 181 Å². The maximum absolute atomic E-state index is 13.1. The minimum atomic E-state index is -4.57. The van der Waals surface area contributed by atoms with Gasteiger partial charge < -0.3 is 10.1 Å². The fourth-order valence-corrected chi connectivity index (χ4v) is 5.18. The van der Waals surface area contributed by atoms with Crippen molar-refractivity contribution < 1.29 is 22.7 Å². The first-order valence-electron chi connectivity index (χ1n) is 8.57. The SMILES string of the molecule is C=CCn1c(SCCNC(=O)OCC(F)(F)F)nc2scc(-c3cccs3)c2c1=O. The zero-order chi connectivity index (χ0) is 21.7. The van der Waals surface area contributed by atoms with Crippen molar-refractivity contribution in [2.24, 2.45) is 0 Å². The monoisotopic (exact) mass is 475 g/mol. The molecule has 3 rings (SSSR count). The first-order chi connectivity index (χ1) is 14.3. The molecular formula is C18H16F3N3O3S3. The van der Waals surface area contributed by atoms with Crippen molar-refractivity contribution in [2.75, 3.05) is 18.9 Å². The van der Waals surface area contributed by atoms with Crippen molar-refractivity contribution in [3.05, 3.63) is 45.9 Å². The van der Waals surface area contributed by atoms with Gasteiger partial charge in [-0.2, -0.15) is 13.2 Å². The third kappa shape index (κ3) is 5.43. The number of alkyl halides is 3. The Morgan fingerprint density at radius 2 is 2.20 bits per heavy atom. The highest BCUT2D eigenvalue weighted by molar-refractivity contribution is 7.99. The molecule has 3 aromatic heterocycles. The Balaban J connectivity index is 1.73. The standard InChI is InChI=1S/C18H16F3N3O3S3/c1-2-6-24-15(25)13-11(12-4-3-7-28-12)9-30-14(13)23-16(24)29-8-5-22-17(26)27-10-18(19,20)21/h2-4,7,9H,1,5-6,8,10H2,(H,22,26). The Morgan fingerprint density at radius 1 is 1.40 bits per heavy atom. The number of alkyl carbamates (subject to hydrolysis) is 1. The van der Waals surface area contributed by atoms with E-state index in [0.717, 1.165) is 10.4 Å². The lowest BCUT2D eigenvalue weighted by Gasteiger charge is -2.11. The minimum absolute atomic E-state index is 0.0498. The number of nitrogens with zero attached hydrogens (tertiary/aromatic N) is 2. The topological polar surface area (TPSA) is 73.2 Å².